The number of hydrogen-bond donors (Lipinski definition) is 0. The lowest BCUT2D eigenvalue weighted by Gasteiger charge is -2.29. The van der Waals surface area contributed by atoms with Crippen molar-refractivity contribution in [1.29, 1.82) is 0 Å². The van der Waals surface area contributed by atoms with E-state index in [0.29, 0.717) is 35.6 Å². The summed E-state index contributed by atoms with van der Waals surface area (Å²) in [6.45, 7) is 2.57. The molecule has 9 heteroatoms. The molecule has 0 atom stereocenters. The van der Waals surface area contributed by atoms with E-state index in [2.05, 4.69) is 20.9 Å². The number of amides is 1. The topological polar surface area (TPSA) is 71.7 Å². The lowest BCUT2D eigenvalue weighted by Crippen LogP contribution is -2.40. The van der Waals surface area contributed by atoms with Gasteiger partial charge in [-0.05, 0) is 60.0 Å². The van der Waals surface area contributed by atoms with E-state index in [0.717, 1.165) is 20.3 Å². The van der Waals surface area contributed by atoms with Crippen LogP contribution in [0.2, 0.25) is 0 Å². The van der Waals surface area contributed by atoms with Crippen LogP contribution in [0, 0.1) is 12.8 Å². The maximum Gasteiger partial charge on any atom is 0.251 e. The van der Waals surface area contributed by atoms with Gasteiger partial charge in [-0.3, -0.25) is 4.79 Å². The van der Waals surface area contributed by atoms with Gasteiger partial charge in [-0.2, -0.15) is 9.30 Å². The summed E-state index contributed by atoms with van der Waals surface area (Å²) < 4.78 is 31.1. The van der Waals surface area contributed by atoms with E-state index >= 15 is 0 Å². The number of para-hydroxylation sites is 1. The number of hydrogen-bond acceptors (Lipinski definition) is 4. The molecule has 1 aliphatic rings. The van der Waals surface area contributed by atoms with E-state index in [1.54, 1.807) is 24.3 Å². The van der Waals surface area contributed by atoms with Gasteiger partial charge in [-0.25, -0.2) is 8.42 Å². The molecular formula is C21H22BrN3O3S2. The van der Waals surface area contributed by atoms with Crippen LogP contribution in [0.3, 0.4) is 0 Å². The number of piperidine rings is 1. The summed E-state index contributed by atoms with van der Waals surface area (Å²) in [6.07, 6.45) is 0.956. The number of sulfonamides is 1. The quantitative estimate of drug-likeness (QED) is 0.540. The summed E-state index contributed by atoms with van der Waals surface area (Å²) in [7, 11) is -1.64. The first kappa shape index (κ1) is 21.4. The minimum absolute atomic E-state index is 0.180. The molecule has 0 aliphatic carbocycles. The Balaban J connectivity index is 1.50. The Morgan fingerprint density at radius 1 is 1.13 bits per heavy atom. The van der Waals surface area contributed by atoms with E-state index in [9.17, 15) is 13.2 Å². The van der Waals surface area contributed by atoms with Crippen LogP contribution < -0.4 is 4.80 Å². The predicted octanol–water partition coefficient (Wildman–Crippen LogP) is 3.84. The van der Waals surface area contributed by atoms with Crippen molar-refractivity contribution < 1.29 is 13.2 Å². The van der Waals surface area contributed by atoms with Crippen molar-refractivity contribution in [2.75, 3.05) is 13.1 Å². The van der Waals surface area contributed by atoms with Gasteiger partial charge in [0.2, 0.25) is 10.0 Å². The predicted molar refractivity (Wildman–Crippen MR) is 122 cm³/mol. The number of carbonyl (C=O) groups excluding carboxylic acids is 1. The minimum Gasteiger partial charge on any atom is -0.318 e. The molecule has 6 nitrogen and oxygen atoms in total. The molecular weight excluding hydrogens is 486 g/mol. The first-order valence-corrected chi connectivity index (χ1v) is 12.7. The van der Waals surface area contributed by atoms with Crippen LogP contribution >= 0.6 is 27.3 Å². The third-order valence-corrected chi connectivity index (χ3v) is 9.09. The van der Waals surface area contributed by atoms with Gasteiger partial charge in [0.15, 0.2) is 4.80 Å². The molecule has 2 aromatic carbocycles. The number of rotatable bonds is 3. The normalized spacial score (nSPS) is 17.0. The first-order valence-electron chi connectivity index (χ1n) is 9.67. The van der Waals surface area contributed by atoms with E-state index in [1.165, 1.54) is 15.6 Å². The van der Waals surface area contributed by atoms with Crippen LogP contribution in [0.25, 0.3) is 10.2 Å². The molecule has 0 saturated carbocycles. The van der Waals surface area contributed by atoms with E-state index in [4.69, 9.17) is 0 Å². The fourth-order valence-electron chi connectivity index (χ4n) is 3.65. The smallest absolute Gasteiger partial charge is 0.251 e. The Morgan fingerprint density at radius 3 is 2.43 bits per heavy atom. The number of fused-ring (bicyclic) bond motifs is 1. The van der Waals surface area contributed by atoms with Crippen molar-refractivity contribution in [3.05, 3.63) is 57.3 Å². The van der Waals surface area contributed by atoms with Gasteiger partial charge in [0.1, 0.15) is 0 Å². The van der Waals surface area contributed by atoms with Gasteiger partial charge in [0.05, 0.1) is 15.1 Å². The molecule has 0 spiro atoms. The number of carbonyl (C=O) groups is 1. The zero-order chi connectivity index (χ0) is 21.5. The minimum atomic E-state index is -3.53. The van der Waals surface area contributed by atoms with Crippen molar-refractivity contribution in [1.82, 2.24) is 8.87 Å². The highest BCUT2D eigenvalue weighted by Gasteiger charge is 2.32. The summed E-state index contributed by atoms with van der Waals surface area (Å²) in [5, 5.41) is 0. The number of thiazole rings is 1. The first-order chi connectivity index (χ1) is 14.3. The second-order valence-corrected chi connectivity index (χ2v) is 11.3. The van der Waals surface area contributed by atoms with Crippen LogP contribution in [0.15, 0.2) is 56.8 Å². The molecule has 4 rings (SSSR count). The standard InChI is InChI=1S/C21H22BrN3O3S2/c1-14-6-8-16(9-7-14)30(27,28)25-12-10-15(11-13-25)20(26)23-21-24(2)19-17(22)4-3-5-18(19)29-21/h3-9,15H,10-13H2,1-2H3. The van der Waals surface area contributed by atoms with Crippen molar-refractivity contribution in [3.63, 3.8) is 0 Å². The van der Waals surface area contributed by atoms with Crippen molar-refractivity contribution >= 4 is 53.4 Å². The lowest BCUT2D eigenvalue weighted by molar-refractivity contribution is -0.122. The van der Waals surface area contributed by atoms with Gasteiger partial charge in [0.25, 0.3) is 5.91 Å². The van der Waals surface area contributed by atoms with Crippen LogP contribution in [-0.2, 0) is 21.9 Å². The van der Waals surface area contributed by atoms with Gasteiger partial charge in [-0.15, -0.1) is 0 Å². The average Bonchev–Trinajstić information content (AvgIpc) is 3.05. The zero-order valence-corrected chi connectivity index (χ0v) is 19.9. The van der Waals surface area contributed by atoms with Gasteiger partial charge in [0, 0.05) is 30.5 Å². The Hall–Kier alpha value is -1.81. The summed E-state index contributed by atoms with van der Waals surface area (Å²) in [5.41, 5.74) is 2.02. The molecule has 1 aliphatic heterocycles. The lowest BCUT2D eigenvalue weighted by atomic mass is 9.98. The molecule has 1 saturated heterocycles. The second kappa shape index (κ2) is 8.37. The van der Waals surface area contributed by atoms with Crippen LogP contribution in [0.5, 0.6) is 0 Å². The highest BCUT2D eigenvalue weighted by molar-refractivity contribution is 9.10. The largest absolute Gasteiger partial charge is 0.318 e. The van der Waals surface area contributed by atoms with E-state index < -0.39 is 10.0 Å². The Kier molecular flexibility index (Phi) is 5.98. The fraction of sp³-hybridized carbons (Fsp3) is 0.333. The molecule has 0 bridgehead atoms. The van der Waals surface area contributed by atoms with Crippen molar-refractivity contribution in [2.45, 2.75) is 24.7 Å². The second-order valence-electron chi connectivity index (χ2n) is 7.47. The monoisotopic (exact) mass is 507 g/mol. The molecule has 2 heterocycles. The molecule has 30 heavy (non-hydrogen) atoms. The number of aromatic nitrogens is 1. The molecule has 3 aromatic rings. The summed E-state index contributed by atoms with van der Waals surface area (Å²) in [6, 6.07) is 12.8. The van der Waals surface area contributed by atoms with Gasteiger partial charge >= 0.3 is 0 Å². The Labute approximate surface area is 188 Å². The fourth-order valence-corrected chi connectivity index (χ4v) is 6.94. The number of aryl methyl sites for hydroxylation is 2. The number of nitrogens with zero attached hydrogens (tertiary/aromatic N) is 3. The van der Waals surface area contributed by atoms with E-state index in [1.807, 2.05) is 36.7 Å². The van der Waals surface area contributed by atoms with Gasteiger partial charge in [-0.1, -0.05) is 35.1 Å². The van der Waals surface area contributed by atoms with E-state index in [-0.39, 0.29) is 11.8 Å². The molecule has 0 N–H and O–H groups in total. The number of benzene rings is 2. The van der Waals surface area contributed by atoms with Crippen LogP contribution in [-0.4, -0.2) is 36.3 Å². The maximum absolute atomic E-state index is 12.9. The Bertz CT molecular complexity index is 1270. The summed E-state index contributed by atoms with van der Waals surface area (Å²) in [4.78, 5) is 18.1. The average molecular weight is 508 g/mol. The summed E-state index contributed by atoms with van der Waals surface area (Å²) >= 11 is 5.02. The third kappa shape index (κ3) is 4.03. The molecule has 1 aromatic heterocycles. The Morgan fingerprint density at radius 2 is 1.80 bits per heavy atom. The molecule has 1 amide bonds. The molecule has 0 radical (unpaired) electrons. The molecule has 158 valence electrons. The number of halogens is 1. The van der Waals surface area contributed by atoms with Crippen molar-refractivity contribution in [3.8, 4) is 0 Å². The SMILES string of the molecule is Cc1ccc(S(=O)(=O)N2CCC(C(=O)N=c3sc4cccc(Br)c4n3C)CC2)cc1. The van der Waals surface area contributed by atoms with Crippen LogP contribution in [0.1, 0.15) is 18.4 Å². The highest BCUT2D eigenvalue weighted by atomic mass is 79.9. The van der Waals surface area contributed by atoms with Crippen molar-refractivity contribution in [2.24, 2.45) is 18.0 Å². The van der Waals surface area contributed by atoms with Gasteiger partial charge < -0.3 is 4.57 Å². The molecule has 1 fully saturated rings. The van der Waals surface area contributed by atoms with Crippen LogP contribution in [0.4, 0.5) is 0 Å². The molecule has 0 unspecified atom stereocenters. The third-order valence-electron chi connectivity index (χ3n) is 5.44. The highest BCUT2D eigenvalue weighted by Crippen LogP contribution is 2.26. The summed E-state index contributed by atoms with van der Waals surface area (Å²) in [5.74, 6) is -0.441. The maximum atomic E-state index is 12.9. The zero-order valence-electron chi connectivity index (χ0n) is 16.7.